The Hall–Kier alpha value is -2.09. The van der Waals surface area contributed by atoms with Crippen LogP contribution in [0.4, 0.5) is 10.1 Å². The van der Waals surface area contributed by atoms with E-state index in [1.807, 2.05) is 13.0 Å². The molecule has 17 heavy (non-hydrogen) atoms. The van der Waals surface area contributed by atoms with E-state index in [0.29, 0.717) is 13.0 Å². The molecule has 5 heteroatoms. The number of carboxylic acid groups (broad SMARTS) is 1. The summed E-state index contributed by atoms with van der Waals surface area (Å²) in [6.07, 6.45) is 0.715. The minimum atomic E-state index is -1.01. The molecule has 4 nitrogen and oxygen atoms in total. The van der Waals surface area contributed by atoms with Crippen LogP contribution in [0.15, 0.2) is 18.2 Å². The van der Waals surface area contributed by atoms with Crippen LogP contribution < -0.4 is 4.90 Å². The molecule has 0 aromatic heterocycles. The smallest absolute Gasteiger partial charge is 0.323 e. The van der Waals surface area contributed by atoms with E-state index in [2.05, 4.69) is 0 Å². The summed E-state index contributed by atoms with van der Waals surface area (Å²) < 4.78 is 13.7. The van der Waals surface area contributed by atoms with E-state index in [1.165, 1.54) is 17.0 Å². The summed E-state index contributed by atoms with van der Waals surface area (Å²) >= 11 is 0. The summed E-state index contributed by atoms with van der Waals surface area (Å²) in [7, 11) is 0. The van der Waals surface area contributed by atoms with Crippen molar-refractivity contribution in [1.82, 2.24) is 0 Å². The molecule has 0 saturated carbocycles. The fourth-order valence-corrected chi connectivity index (χ4v) is 1.55. The predicted octanol–water partition coefficient (Wildman–Crippen LogP) is 2.00. The lowest BCUT2D eigenvalue weighted by atomic mass is 10.2. The van der Waals surface area contributed by atoms with E-state index < -0.39 is 11.8 Å². The molecule has 0 fully saturated rings. The third kappa shape index (κ3) is 3.45. The van der Waals surface area contributed by atoms with Crippen LogP contribution in [-0.4, -0.2) is 24.2 Å². The summed E-state index contributed by atoms with van der Waals surface area (Å²) in [4.78, 5) is 12.1. The van der Waals surface area contributed by atoms with Crippen molar-refractivity contribution in [3.05, 3.63) is 29.6 Å². The van der Waals surface area contributed by atoms with Gasteiger partial charge in [0.25, 0.3) is 0 Å². The van der Waals surface area contributed by atoms with E-state index in [9.17, 15) is 9.18 Å². The Morgan fingerprint density at radius 3 is 2.76 bits per heavy atom. The van der Waals surface area contributed by atoms with E-state index in [4.69, 9.17) is 10.4 Å². The molecule has 0 aliphatic carbocycles. The van der Waals surface area contributed by atoms with Crippen molar-refractivity contribution in [2.75, 3.05) is 18.0 Å². The highest BCUT2D eigenvalue weighted by Crippen LogP contribution is 2.20. The second-order valence-corrected chi connectivity index (χ2v) is 3.59. The van der Waals surface area contributed by atoms with Crippen molar-refractivity contribution in [1.29, 1.82) is 5.26 Å². The van der Waals surface area contributed by atoms with Crippen molar-refractivity contribution in [3.63, 3.8) is 0 Å². The Labute approximate surface area is 98.9 Å². The molecular weight excluding hydrogens is 223 g/mol. The summed E-state index contributed by atoms with van der Waals surface area (Å²) in [5.41, 5.74) is 0.436. The van der Waals surface area contributed by atoms with Crippen LogP contribution >= 0.6 is 0 Å². The normalized spacial score (nSPS) is 9.71. The maximum atomic E-state index is 13.7. The third-order valence-electron chi connectivity index (χ3n) is 2.24. The van der Waals surface area contributed by atoms with Crippen LogP contribution in [-0.2, 0) is 4.79 Å². The molecule has 1 rings (SSSR count). The number of anilines is 1. The number of nitrogens with zero attached hydrogens (tertiary/aromatic N) is 2. The van der Waals surface area contributed by atoms with Gasteiger partial charge in [-0.15, -0.1) is 0 Å². The van der Waals surface area contributed by atoms with Gasteiger partial charge in [-0.3, -0.25) is 4.79 Å². The summed E-state index contributed by atoms with van der Waals surface area (Å²) in [5.74, 6) is -1.58. The largest absolute Gasteiger partial charge is 0.480 e. The van der Waals surface area contributed by atoms with Gasteiger partial charge < -0.3 is 10.0 Å². The second kappa shape index (κ2) is 5.85. The molecule has 0 spiro atoms. The van der Waals surface area contributed by atoms with E-state index >= 15 is 0 Å². The van der Waals surface area contributed by atoms with Crippen LogP contribution in [0, 0.1) is 17.1 Å². The number of aliphatic carboxylic acids is 1. The molecule has 0 aliphatic rings. The Morgan fingerprint density at radius 2 is 2.29 bits per heavy atom. The van der Waals surface area contributed by atoms with Crippen molar-refractivity contribution >= 4 is 11.7 Å². The van der Waals surface area contributed by atoms with Gasteiger partial charge in [-0.2, -0.15) is 5.26 Å². The molecule has 0 saturated heterocycles. The fourth-order valence-electron chi connectivity index (χ4n) is 1.55. The lowest BCUT2D eigenvalue weighted by Crippen LogP contribution is -2.31. The zero-order valence-corrected chi connectivity index (χ0v) is 9.48. The molecule has 90 valence electrons. The van der Waals surface area contributed by atoms with Gasteiger partial charge in [-0.1, -0.05) is 6.92 Å². The number of carbonyl (C=O) groups is 1. The lowest BCUT2D eigenvalue weighted by molar-refractivity contribution is -0.135. The SMILES string of the molecule is CCCN(CC(=O)O)c1ccc(C#N)cc1F. The average molecular weight is 236 g/mol. The maximum absolute atomic E-state index is 13.7. The zero-order valence-electron chi connectivity index (χ0n) is 9.48. The molecule has 0 atom stereocenters. The number of benzene rings is 1. The van der Waals surface area contributed by atoms with Gasteiger partial charge in [0.05, 0.1) is 17.3 Å². The Kier molecular flexibility index (Phi) is 4.46. The van der Waals surface area contributed by atoms with Gasteiger partial charge >= 0.3 is 5.97 Å². The second-order valence-electron chi connectivity index (χ2n) is 3.59. The van der Waals surface area contributed by atoms with Crippen molar-refractivity contribution in [2.45, 2.75) is 13.3 Å². The average Bonchev–Trinajstić information content (AvgIpc) is 2.27. The predicted molar refractivity (Wildman–Crippen MR) is 61.3 cm³/mol. The van der Waals surface area contributed by atoms with Crippen LogP contribution in [0.1, 0.15) is 18.9 Å². The van der Waals surface area contributed by atoms with Gasteiger partial charge in [0.2, 0.25) is 0 Å². The first-order valence-corrected chi connectivity index (χ1v) is 5.25. The summed E-state index contributed by atoms with van der Waals surface area (Å²) in [6, 6.07) is 5.85. The van der Waals surface area contributed by atoms with E-state index in [-0.39, 0.29) is 17.8 Å². The molecule has 0 unspecified atom stereocenters. The molecule has 0 amide bonds. The molecule has 1 aromatic rings. The molecule has 1 N–H and O–H groups in total. The first-order valence-electron chi connectivity index (χ1n) is 5.25. The number of hydrogen-bond donors (Lipinski definition) is 1. The zero-order chi connectivity index (χ0) is 12.8. The highest BCUT2D eigenvalue weighted by molar-refractivity contribution is 5.74. The molecule has 0 heterocycles. The Morgan fingerprint density at radius 1 is 1.59 bits per heavy atom. The number of halogens is 1. The van der Waals surface area contributed by atoms with Crippen LogP contribution in [0.3, 0.4) is 0 Å². The molecule has 0 aliphatic heterocycles. The first-order chi connectivity index (χ1) is 8.08. The third-order valence-corrected chi connectivity index (χ3v) is 2.24. The summed E-state index contributed by atoms with van der Waals surface area (Å²) in [6.45, 7) is 2.09. The highest BCUT2D eigenvalue weighted by Gasteiger charge is 2.14. The highest BCUT2D eigenvalue weighted by atomic mass is 19.1. The topological polar surface area (TPSA) is 64.3 Å². The minimum Gasteiger partial charge on any atom is -0.480 e. The van der Waals surface area contributed by atoms with Crippen molar-refractivity contribution in [2.24, 2.45) is 0 Å². The van der Waals surface area contributed by atoms with Gasteiger partial charge in [-0.05, 0) is 24.6 Å². The fraction of sp³-hybridized carbons (Fsp3) is 0.333. The standard InChI is InChI=1S/C12H13FN2O2/c1-2-5-15(8-12(16)17)11-4-3-9(7-14)6-10(11)13/h3-4,6H,2,5,8H2,1H3,(H,16,17). The number of hydrogen-bond acceptors (Lipinski definition) is 3. The Balaban J connectivity index is 3.01. The maximum Gasteiger partial charge on any atom is 0.323 e. The van der Waals surface area contributed by atoms with Crippen molar-refractivity contribution in [3.8, 4) is 6.07 Å². The van der Waals surface area contributed by atoms with E-state index in [1.54, 1.807) is 0 Å². The Bertz CT molecular complexity index is 454. The van der Waals surface area contributed by atoms with Crippen molar-refractivity contribution < 1.29 is 14.3 Å². The monoisotopic (exact) mass is 236 g/mol. The molecule has 0 radical (unpaired) electrons. The molecular formula is C12H13FN2O2. The van der Waals surface area contributed by atoms with E-state index in [0.717, 1.165) is 6.07 Å². The van der Waals surface area contributed by atoms with Gasteiger partial charge in [0.15, 0.2) is 0 Å². The lowest BCUT2D eigenvalue weighted by Gasteiger charge is -2.22. The van der Waals surface area contributed by atoms with Crippen LogP contribution in [0.25, 0.3) is 0 Å². The molecule has 0 bridgehead atoms. The number of rotatable bonds is 5. The van der Waals surface area contributed by atoms with Crippen LogP contribution in [0.2, 0.25) is 0 Å². The number of nitriles is 1. The van der Waals surface area contributed by atoms with Crippen LogP contribution in [0.5, 0.6) is 0 Å². The van der Waals surface area contributed by atoms with Gasteiger partial charge in [0, 0.05) is 6.54 Å². The summed E-state index contributed by atoms with van der Waals surface area (Å²) in [5, 5.41) is 17.4. The van der Waals surface area contributed by atoms with Gasteiger partial charge in [0.1, 0.15) is 12.4 Å². The first kappa shape index (κ1) is 13.0. The molecule has 1 aromatic carbocycles. The quantitative estimate of drug-likeness (QED) is 0.849. The number of carboxylic acids is 1. The minimum absolute atomic E-state index is 0.216. The van der Waals surface area contributed by atoms with Gasteiger partial charge in [-0.25, -0.2) is 4.39 Å².